The normalized spacial score (nSPS) is 24.7. The Morgan fingerprint density at radius 1 is 1.79 bits per heavy atom. The number of thiophene rings is 1. The Hall–Kier alpha value is -0.350. The Bertz CT molecular complexity index is 350. The summed E-state index contributed by atoms with van der Waals surface area (Å²) in [6, 6.07) is 2.01. The molecule has 1 aliphatic carbocycles. The summed E-state index contributed by atoms with van der Waals surface area (Å²) in [5, 5.41) is 4.98. The Morgan fingerprint density at radius 3 is 3.00 bits per heavy atom. The number of carbonyl (C=O) groups is 1. The van der Waals surface area contributed by atoms with Gasteiger partial charge in [-0.1, -0.05) is 6.92 Å². The molecule has 0 radical (unpaired) electrons. The summed E-state index contributed by atoms with van der Waals surface area (Å²) < 4.78 is 1.09. The van der Waals surface area contributed by atoms with Gasteiger partial charge in [-0.15, -0.1) is 11.3 Å². The number of nitrogens with one attached hydrogen (secondary N) is 1. The molecule has 0 aliphatic heterocycles. The van der Waals surface area contributed by atoms with Crippen molar-refractivity contribution in [2.75, 3.05) is 0 Å². The fourth-order valence-corrected chi connectivity index (χ4v) is 2.87. The molecule has 2 rings (SSSR count). The quantitative estimate of drug-likeness (QED) is 0.902. The van der Waals surface area contributed by atoms with E-state index in [2.05, 4.69) is 28.2 Å². The van der Waals surface area contributed by atoms with Crippen LogP contribution in [-0.2, 0) is 11.3 Å². The van der Waals surface area contributed by atoms with Crippen LogP contribution in [0.15, 0.2) is 15.9 Å². The van der Waals surface area contributed by atoms with Gasteiger partial charge in [-0.05, 0) is 39.7 Å². The second-order valence-corrected chi connectivity index (χ2v) is 5.58. The third-order valence-electron chi connectivity index (χ3n) is 2.56. The van der Waals surface area contributed by atoms with Crippen LogP contribution < -0.4 is 5.32 Å². The van der Waals surface area contributed by atoms with Crippen molar-refractivity contribution in [2.45, 2.75) is 19.9 Å². The molecule has 1 aromatic heterocycles. The maximum Gasteiger partial charge on any atom is 0.223 e. The molecule has 76 valence electrons. The van der Waals surface area contributed by atoms with E-state index in [1.165, 1.54) is 4.88 Å². The van der Waals surface area contributed by atoms with Gasteiger partial charge < -0.3 is 5.32 Å². The molecule has 1 saturated carbocycles. The van der Waals surface area contributed by atoms with E-state index in [-0.39, 0.29) is 11.8 Å². The van der Waals surface area contributed by atoms with Crippen LogP contribution in [0.2, 0.25) is 0 Å². The van der Waals surface area contributed by atoms with Crippen molar-refractivity contribution < 1.29 is 4.79 Å². The fourth-order valence-electron chi connectivity index (χ4n) is 1.44. The van der Waals surface area contributed by atoms with Gasteiger partial charge in [-0.2, -0.15) is 0 Å². The van der Waals surface area contributed by atoms with Gasteiger partial charge in [-0.3, -0.25) is 4.79 Å². The molecule has 0 bridgehead atoms. The van der Waals surface area contributed by atoms with Gasteiger partial charge in [0.05, 0.1) is 6.54 Å². The number of halogens is 1. The minimum Gasteiger partial charge on any atom is -0.351 e. The highest BCUT2D eigenvalue weighted by Gasteiger charge is 2.38. The summed E-state index contributed by atoms with van der Waals surface area (Å²) in [5.41, 5.74) is 0. The van der Waals surface area contributed by atoms with Gasteiger partial charge in [0.15, 0.2) is 0 Å². The summed E-state index contributed by atoms with van der Waals surface area (Å²) in [7, 11) is 0. The lowest BCUT2D eigenvalue weighted by Crippen LogP contribution is -2.24. The molecule has 0 saturated heterocycles. The molecule has 1 amide bonds. The first kappa shape index (κ1) is 10.2. The van der Waals surface area contributed by atoms with Crippen LogP contribution in [0, 0.1) is 11.8 Å². The van der Waals surface area contributed by atoms with Crippen LogP contribution in [0.25, 0.3) is 0 Å². The van der Waals surface area contributed by atoms with Crippen LogP contribution in [0.4, 0.5) is 0 Å². The maximum atomic E-state index is 11.5. The zero-order valence-corrected chi connectivity index (χ0v) is 10.3. The number of amides is 1. The smallest absolute Gasteiger partial charge is 0.223 e. The topological polar surface area (TPSA) is 29.1 Å². The van der Waals surface area contributed by atoms with Gasteiger partial charge in [0.1, 0.15) is 0 Å². The Balaban J connectivity index is 1.83. The molecule has 0 spiro atoms. The van der Waals surface area contributed by atoms with E-state index in [9.17, 15) is 4.79 Å². The highest BCUT2D eigenvalue weighted by atomic mass is 79.9. The summed E-state index contributed by atoms with van der Waals surface area (Å²) in [6.07, 6.45) is 1.05. The summed E-state index contributed by atoms with van der Waals surface area (Å²) >= 11 is 5.10. The van der Waals surface area contributed by atoms with Crippen molar-refractivity contribution in [3.05, 3.63) is 20.8 Å². The van der Waals surface area contributed by atoms with Gasteiger partial charge >= 0.3 is 0 Å². The molecule has 2 atom stereocenters. The largest absolute Gasteiger partial charge is 0.351 e. The average Bonchev–Trinajstić information content (AvgIpc) is 2.74. The highest BCUT2D eigenvalue weighted by Crippen LogP contribution is 2.37. The van der Waals surface area contributed by atoms with E-state index in [0.29, 0.717) is 12.5 Å². The van der Waals surface area contributed by atoms with Crippen molar-refractivity contribution in [1.82, 2.24) is 5.32 Å². The number of rotatable bonds is 3. The molecule has 1 heterocycles. The van der Waals surface area contributed by atoms with Crippen LogP contribution in [0.5, 0.6) is 0 Å². The van der Waals surface area contributed by atoms with Crippen LogP contribution in [0.1, 0.15) is 18.2 Å². The summed E-state index contributed by atoms with van der Waals surface area (Å²) in [6.45, 7) is 2.77. The Labute approximate surface area is 95.8 Å². The third kappa shape index (κ3) is 2.17. The van der Waals surface area contributed by atoms with Crippen LogP contribution in [-0.4, -0.2) is 5.91 Å². The van der Waals surface area contributed by atoms with Gasteiger partial charge in [0.2, 0.25) is 5.91 Å². The molecule has 0 aromatic carbocycles. The standard InChI is InChI=1S/C10H12BrNOS/c1-6-4-7(6)10(13)12-5-9-8(11)2-3-14-9/h2-3,6-7H,4-5H2,1H3,(H,12,13)/t6-,7+/m0/s1. The van der Waals surface area contributed by atoms with Gasteiger partial charge in [-0.25, -0.2) is 0 Å². The lowest BCUT2D eigenvalue weighted by Gasteiger charge is -2.02. The molecular formula is C10H12BrNOS. The Kier molecular flexibility index (Phi) is 2.93. The average molecular weight is 274 g/mol. The van der Waals surface area contributed by atoms with Crippen molar-refractivity contribution in [2.24, 2.45) is 11.8 Å². The summed E-state index contributed by atoms with van der Waals surface area (Å²) in [4.78, 5) is 12.7. The summed E-state index contributed by atoms with van der Waals surface area (Å²) in [5.74, 6) is 1.06. The molecule has 1 fully saturated rings. The molecule has 2 nitrogen and oxygen atoms in total. The third-order valence-corrected chi connectivity index (χ3v) is 4.49. The van der Waals surface area contributed by atoms with Crippen molar-refractivity contribution in [3.8, 4) is 0 Å². The molecular weight excluding hydrogens is 262 g/mol. The molecule has 0 unspecified atom stereocenters. The predicted molar refractivity (Wildman–Crippen MR) is 61.1 cm³/mol. The van der Waals surface area contributed by atoms with Crippen LogP contribution >= 0.6 is 27.3 Å². The molecule has 1 aromatic rings. The number of hydrogen-bond donors (Lipinski definition) is 1. The van der Waals surface area contributed by atoms with E-state index in [4.69, 9.17) is 0 Å². The lowest BCUT2D eigenvalue weighted by molar-refractivity contribution is -0.122. The molecule has 4 heteroatoms. The van der Waals surface area contributed by atoms with Gasteiger partial charge in [0.25, 0.3) is 0 Å². The van der Waals surface area contributed by atoms with Crippen LogP contribution in [0.3, 0.4) is 0 Å². The fraction of sp³-hybridized carbons (Fsp3) is 0.500. The second kappa shape index (κ2) is 4.03. The minimum absolute atomic E-state index is 0.206. The monoisotopic (exact) mass is 273 g/mol. The van der Waals surface area contributed by atoms with E-state index in [1.807, 2.05) is 11.4 Å². The molecule has 1 aliphatic rings. The van der Waals surface area contributed by atoms with E-state index >= 15 is 0 Å². The van der Waals surface area contributed by atoms with Crippen molar-refractivity contribution in [3.63, 3.8) is 0 Å². The van der Waals surface area contributed by atoms with E-state index in [1.54, 1.807) is 11.3 Å². The zero-order valence-electron chi connectivity index (χ0n) is 7.92. The number of carbonyl (C=O) groups excluding carboxylic acids is 1. The van der Waals surface area contributed by atoms with Crippen molar-refractivity contribution in [1.29, 1.82) is 0 Å². The van der Waals surface area contributed by atoms with E-state index in [0.717, 1.165) is 10.9 Å². The van der Waals surface area contributed by atoms with Crippen molar-refractivity contribution >= 4 is 33.2 Å². The maximum absolute atomic E-state index is 11.5. The molecule has 1 N–H and O–H groups in total. The first-order valence-electron chi connectivity index (χ1n) is 4.68. The zero-order chi connectivity index (χ0) is 10.1. The first-order chi connectivity index (χ1) is 6.68. The first-order valence-corrected chi connectivity index (χ1v) is 6.35. The predicted octanol–water partition coefficient (Wildman–Crippen LogP) is 2.78. The SMILES string of the molecule is C[C@H]1C[C@H]1C(=O)NCc1sccc1Br. The van der Waals surface area contributed by atoms with Gasteiger partial charge in [0, 0.05) is 15.3 Å². The second-order valence-electron chi connectivity index (χ2n) is 3.73. The highest BCUT2D eigenvalue weighted by molar-refractivity contribution is 9.10. The lowest BCUT2D eigenvalue weighted by atomic mass is 10.3. The number of hydrogen-bond acceptors (Lipinski definition) is 2. The van der Waals surface area contributed by atoms with E-state index < -0.39 is 0 Å². The Morgan fingerprint density at radius 2 is 2.50 bits per heavy atom. The molecule has 14 heavy (non-hydrogen) atoms. The minimum atomic E-state index is 0.206.